The lowest BCUT2D eigenvalue weighted by Crippen LogP contribution is -2.33. The Morgan fingerprint density at radius 2 is 1.64 bits per heavy atom. The summed E-state index contributed by atoms with van der Waals surface area (Å²) in [5.41, 5.74) is 1.95. The van der Waals surface area contributed by atoms with Gasteiger partial charge in [-0.2, -0.15) is 0 Å². The summed E-state index contributed by atoms with van der Waals surface area (Å²) in [4.78, 5) is 15.0. The molecule has 0 bridgehead atoms. The highest BCUT2D eigenvalue weighted by Crippen LogP contribution is 2.25. The molecule has 0 radical (unpaired) electrons. The first kappa shape index (κ1) is 24.4. The van der Waals surface area contributed by atoms with E-state index >= 15 is 0 Å². The van der Waals surface area contributed by atoms with Gasteiger partial charge in [0.25, 0.3) is 0 Å². The number of primary sulfonamides is 1. The van der Waals surface area contributed by atoms with Crippen LogP contribution in [0.15, 0.2) is 77.7 Å². The van der Waals surface area contributed by atoms with Gasteiger partial charge >= 0.3 is 0 Å². The lowest BCUT2D eigenvalue weighted by Gasteiger charge is -2.22. The molecule has 174 valence electrons. The van der Waals surface area contributed by atoms with Crippen molar-refractivity contribution in [2.24, 2.45) is 5.14 Å². The zero-order valence-electron chi connectivity index (χ0n) is 18.7. The Hall–Kier alpha value is -3.20. The molecule has 0 aliphatic rings. The molecule has 0 heterocycles. The van der Waals surface area contributed by atoms with Crippen molar-refractivity contribution in [2.45, 2.75) is 18.4 Å². The molecular weight excluding hydrogens is 440 g/mol. The number of sulfonamides is 1. The Bertz CT molecular complexity index is 1200. The Morgan fingerprint density at radius 3 is 2.27 bits per heavy atom. The van der Waals surface area contributed by atoms with Crippen molar-refractivity contribution in [2.75, 3.05) is 26.8 Å². The Labute approximate surface area is 194 Å². The summed E-state index contributed by atoms with van der Waals surface area (Å²) in [6.45, 7) is 3.21. The summed E-state index contributed by atoms with van der Waals surface area (Å²) in [5, 5.41) is 5.23. The largest absolute Gasteiger partial charge is 0.493 e. The van der Waals surface area contributed by atoms with Crippen molar-refractivity contribution in [3.63, 3.8) is 0 Å². The van der Waals surface area contributed by atoms with Crippen LogP contribution in [0.25, 0.3) is 0 Å². The summed E-state index contributed by atoms with van der Waals surface area (Å²) >= 11 is 0. The number of Topliss-reactive ketones (excluding diaryl/α,β-unsaturated/α-hetero) is 1. The molecule has 3 aromatic rings. The number of benzene rings is 3. The number of aryl methyl sites for hydroxylation is 1. The number of hydrogen-bond acceptors (Lipinski definition) is 6. The van der Waals surface area contributed by atoms with Crippen molar-refractivity contribution in [3.8, 4) is 11.5 Å². The number of hydrogen-bond donors (Lipinski definition) is 1. The van der Waals surface area contributed by atoms with E-state index in [2.05, 4.69) is 0 Å². The SMILES string of the molecule is COc1ccccc1OCCN(CC(=O)c1ccc(S(N)(=O)=O)c(C)c1)Cc1ccccc1. The Morgan fingerprint density at radius 1 is 0.970 bits per heavy atom. The quantitative estimate of drug-likeness (QED) is 0.433. The third-order valence-electron chi connectivity index (χ3n) is 5.15. The summed E-state index contributed by atoms with van der Waals surface area (Å²) in [6, 6.07) is 21.7. The number of rotatable bonds is 11. The molecule has 0 saturated heterocycles. The second kappa shape index (κ2) is 11.1. The molecule has 0 aromatic heterocycles. The first-order chi connectivity index (χ1) is 15.8. The predicted octanol–water partition coefficient (Wildman–Crippen LogP) is 3.41. The van der Waals surface area contributed by atoms with Crippen molar-refractivity contribution < 1.29 is 22.7 Å². The summed E-state index contributed by atoms with van der Waals surface area (Å²) in [5.74, 6) is 1.17. The van der Waals surface area contributed by atoms with Crippen LogP contribution in [-0.2, 0) is 16.6 Å². The minimum atomic E-state index is -3.83. The van der Waals surface area contributed by atoms with E-state index in [1.165, 1.54) is 12.1 Å². The van der Waals surface area contributed by atoms with Crippen LogP contribution in [0.3, 0.4) is 0 Å². The van der Waals surface area contributed by atoms with E-state index in [4.69, 9.17) is 14.6 Å². The maximum absolute atomic E-state index is 13.0. The molecule has 3 rings (SSSR count). The van der Waals surface area contributed by atoms with Crippen molar-refractivity contribution in [1.82, 2.24) is 4.90 Å². The topological polar surface area (TPSA) is 98.9 Å². The molecule has 0 spiro atoms. The van der Waals surface area contributed by atoms with Gasteiger partial charge in [-0.3, -0.25) is 9.69 Å². The Balaban J connectivity index is 1.72. The number of nitrogens with zero attached hydrogens (tertiary/aromatic N) is 1. The Kier molecular flexibility index (Phi) is 8.21. The van der Waals surface area contributed by atoms with Gasteiger partial charge in [0, 0.05) is 18.7 Å². The minimum Gasteiger partial charge on any atom is -0.493 e. The molecule has 0 saturated carbocycles. The maximum atomic E-state index is 13.0. The molecule has 2 N–H and O–H groups in total. The van der Waals surface area contributed by atoms with Crippen LogP contribution in [0.2, 0.25) is 0 Å². The number of para-hydroxylation sites is 2. The molecule has 0 aliphatic carbocycles. The van der Waals surface area contributed by atoms with Crippen molar-refractivity contribution in [1.29, 1.82) is 0 Å². The van der Waals surface area contributed by atoms with E-state index in [9.17, 15) is 13.2 Å². The van der Waals surface area contributed by atoms with Gasteiger partial charge in [0.15, 0.2) is 17.3 Å². The van der Waals surface area contributed by atoms with E-state index < -0.39 is 10.0 Å². The fourth-order valence-electron chi connectivity index (χ4n) is 3.51. The number of carbonyl (C=O) groups is 1. The predicted molar refractivity (Wildman–Crippen MR) is 127 cm³/mol. The van der Waals surface area contributed by atoms with Gasteiger partial charge in [0.2, 0.25) is 10.0 Å². The summed E-state index contributed by atoms with van der Waals surface area (Å²) in [6.07, 6.45) is 0. The molecule has 33 heavy (non-hydrogen) atoms. The highest BCUT2D eigenvalue weighted by molar-refractivity contribution is 7.89. The third kappa shape index (κ3) is 6.89. The van der Waals surface area contributed by atoms with Crippen LogP contribution in [0.1, 0.15) is 21.5 Å². The lowest BCUT2D eigenvalue weighted by atomic mass is 10.1. The highest BCUT2D eigenvalue weighted by atomic mass is 32.2. The molecule has 8 heteroatoms. The normalized spacial score (nSPS) is 11.4. The highest BCUT2D eigenvalue weighted by Gasteiger charge is 2.17. The van der Waals surface area contributed by atoms with E-state index in [1.807, 2.05) is 59.5 Å². The summed E-state index contributed by atoms with van der Waals surface area (Å²) < 4.78 is 34.5. The van der Waals surface area contributed by atoms with Crippen LogP contribution in [0, 0.1) is 6.92 Å². The van der Waals surface area contributed by atoms with Gasteiger partial charge in [0.1, 0.15) is 6.61 Å². The molecule has 0 aliphatic heterocycles. The number of nitrogens with two attached hydrogens (primary N) is 1. The molecule has 3 aromatic carbocycles. The van der Waals surface area contributed by atoms with E-state index in [0.29, 0.717) is 42.3 Å². The lowest BCUT2D eigenvalue weighted by molar-refractivity contribution is 0.0911. The van der Waals surface area contributed by atoms with E-state index in [0.717, 1.165) is 5.56 Å². The van der Waals surface area contributed by atoms with Gasteiger partial charge in [-0.25, -0.2) is 13.6 Å². The standard InChI is InChI=1S/C25H28N2O5S/c1-19-16-21(12-13-25(19)33(26,29)30)22(28)18-27(17-20-8-4-3-5-9-20)14-15-32-24-11-7-6-10-23(24)31-2/h3-13,16H,14-15,17-18H2,1-2H3,(H2,26,29,30). The fourth-order valence-corrected chi connectivity index (χ4v) is 4.28. The summed E-state index contributed by atoms with van der Waals surface area (Å²) in [7, 11) is -2.24. The van der Waals surface area contributed by atoms with Crippen LogP contribution < -0.4 is 14.6 Å². The maximum Gasteiger partial charge on any atom is 0.238 e. The number of carbonyl (C=O) groups excluding carboxylic acids is 1. The zero-order chi connectivity index (χ0) is 23.8. The third-order valence-corrected chi connectivity index (χ3v) is 6.22. The number of ketones is 1. The first-order valence-electron chi connectivity index (χ1n) is 10.5. The molecule has 0 amide bonds. The van der Waals surface area contributed by atoms with Crippen LogP contribution >= 0.6 is 0 Å². The van der Waals surface area contributed by atoms with Gasteiger partial charge < -0.3 is 9.47 Å². The van der Waals surface area contributed by atoms with Gasteiger partial charge in [0.05, 0.1) is 18.6 Å². The molecule has 0 atom stereocenters. The van der Waals surface area contributed by atoms with Crippen LogP contribution in [0.5, 0.6) is 11.5 Å². The second-order valence-electron chi connectivity index (χ2n) is 7.64. The van der Waals surface area contributed by atoms with Crippen LogP contribution in [-0.4, -0.2) is 45.9 Å². The molecular formula is C25H28N2O5S. The van der Waals surface area contributed by atoms with Crippen molar-refractivity contribution >= 4 is 15.8 Å². The monoisotopic (exact) mass is 468 g/mol. The van der Waals surface area contributed by atoms with E-state index in [-0.39, 0.29) is 17.2 Å². The smallest absolute Gasteiger partial charge is 0.238 e. The first-order valence-corrected chi connectivity index (χ1v) is 12.0. The molecule has 0 fully saturated rings. The fraction of sp³-hybridized carbons (Fsp3) is 0.240. The zero-order valence-corrected chi connectivity index (χ0v) is 19.5. The van der Waals surface area contributed by atoms with Gasteiger partial charge in [-0.1, -0.05) is 42.5 Å². The average molecular weight is 469 g/mol. The van der Waals surface area contributed by atoms with E-state index in [1.54, 1.807) is 20.1 Å². The average Bonchev–Trinajstić information content (AvgIpc) is 2.79. The minimum absolute atomic E-state index is 0.0189. The van der Waals surface area contributed by atoms with Gasteiger partial charge in [-0.15, -0.1) is 0 Å². The number of ether oxygens (including phenoxy) is 2. The molecule has 7 nitrogen and oxygen atoms in total. The molecule has 0 unspecified atom stereocenters. The van der Waals surface area contributed by atoms with Gasteiger partial charge in [-0.05, 0) is 48.4 Å². The van der Waals surface area contributed by atoms with Crippen LogP contribution in [0.4, 0.5) is 0 Å². The second-order valence-corrected chi connectivity index (χ2v) is 9.17. The van der Waals surface area contributed by atoms with Crippen molar-refractivity contribution in [3.05, 3.63) is 89.5 Å². The number of methoxy groups -OCH3 is 1.